The maximum absolute atomic E-state index is 4.32. The largest absolute Gasteiger partial charge is 0.366 e. The van der Waals surface area contributed by atoms with Gasteiger partial charge in [-0.2, -0.15) is 0 Å². The highest BCUT2D eigenvalue weighted by Gasteiger charge is 2.05. The molecule has 0 fully saturated rings. The molecule has 1 N–H and O–H groups in total. The Bertz CT molecular complexity index is 322. The van der Waals surface area contributed by atoms with Gasteiger partial charge in [0.15, 0.2) is 5.16 Å². The Kier molecular flexibility index (Phi) is 1.99. The van der Waals surface area contributed by atoms with Crippen LogP contribution in [0.1, 0.15) is 5.56 Å². The van der Waals surface area contributed by atoms with Crippen LogP contribution in [0, 0.1) is 0 Å². The Morgan fingerprint density at radius 1 is 1.58 bits per heavy atom. The Balaban J connectivity index is 2.44. The van der Waals surface area contributed by atoms with Crippen LogP contribution >= 0.6 is 11.8 Å². The summed E-state index contributed by atoms with van der Waals surface area (Å²) in [6.45, 7) is 0.859. The van der Waals surface area contributed by atoms with E-state index in [1.807, 2.05) is 18.5 Å². The molecule has 0 radical (unpaired) electrons. The summed E-state index contributed by atoms with van der Waals surface area (Å²) in [6.07, 6.45) is 7.91. The van der Waals surface area contributed by atoms with E-state index in [-0.39, 0.29) is 0 Å². The standard InChI is InChI=1S/C8H9N3S/c1-12-8-10-5-6-3-2-4-9-7(6)11-8/h2-3,5H,4H2,1H3,(H,9,10,11). The van der Waals surface area contributed by atoms with Crippen LogP contribution in [-0.4, -0.2) is 22.8 Å². The Morgan fingerprint density at radius 3 is 3.33 bits per heavy atom. The Hall–Kier alpha value is -1.03. The molecule has 3 nitrogen and oxygen atoms in total. The molecule has 12 heavy (non-hydrogen) atoms. The van der Waals surface area contributed by atoms with Crippen molar-refractivity contribution in [1.29, 1.82) is 0 Å². The predicted molar refractivity (Wildman–Crippen MR) is 51.3 cm³/mol. The number of anilines is 1. The predicted octanol–water partition coefficient (Wildman–Crippen LogP) is 1.64. The number of nitrogens with one attached hydrogen (secondary N) is 1. The van der Waals surface area contributed by atoms with E-state index >= 15 is 0 Å². The molecular formula is C8H9N3S. The van der Waals surface area contributed by atoms with Crippen LogP contribution < -0.4 is 5.32 Å². The van der Waals surface area contributed by atoms with Gasteiger partial charge in [0.05, 0.1) is 0 Å². The number of fused-ring (bicyclic) bond motifs is 1. The fraction of sp³-hybridized carbons (Fsp3) is 0.250. The molecule has 0 aromatic carbocycles. The van der Waals surface area contributed by atoms with Crippen molar-refractivity contribution in [2.75, 3.05) is 18.1 Å². The summed E-state index contributed by atoms with van der Waals surface area (Å²) in [5, 5.41) is 4.00. The minimum Gasteiger partial charge on any atom is -0.366 e. The summed E-state index contributed by atoms with van der Waals surface area (Å²) >= 11 is 1.56. The number of thioether (sulfide) groups is 1. The molecule has 62 valence electrons. The third kappa shape index (κ3) is 1.30. The third-order valence-corrected chi connectivity index (χ3v) is 2.22. The van der Waals surface area contributed by atoms with Crippen molar-refractivity contribution in [3.63, 3.8) is 0 Å². The normalized spacial score (nSPS) is 13.8. The molecule has 0 amide bonds. The zero-order chi connectivity index (χ0) is 8.39. The van der Waals surface area contributed by atoms with E-state index in [0.29, 0.717) is 0 Å². The summed E-state index contributed by atoms with van der Waals surface area (Å²) in [7, 11) is 0. The Morgan fingerprint density at radius 2 is 2.50 bits per heavy atom. The highest BCUT2D eigenvalue weighted by atomic mass is 32.2. The topological polar surface area (TPSA) is 37.8 Å². The van der Waals surface area contributed by atoms with E-state index in [1.54, 1.807) is 11.8 Å². The number of rotatable bonds is 1. The van der Waals surface area contributed by atoms with Gasteiger partial charge in [-0.3, -0.25) is 0 Å². The molecule has 2 heterocycles. The van der Waals surface area contributed by atoms with Gasteiger partial charge in [0, 0.05) is 18.3 Å². The van der Waals surface area contributed by atoms with Crippen LogP contribution in [-0.2, 0) is 0 Å². The second-order valence-corrected chi connectivity index (χ2v) is 3.22. The molecule has 0 aliphatic carbocycles. The summed E-state index contributed by atoms with van der Waals surface area (Å²) in [4.78, 5) is 8.49. The van der Waals surface area contributed by atoms with Crippen molar-refractivity contribution in [2.45, 2.75) is 5.16 Å². The summed E-state index contributed by atoms with van der Waals surface area (Å²) < 4.78 is 0. The van der Waals surface area contributed by atoms with Crippen molar-refractivity contribution >= 4 is 23.7 Å². The van der Waals surface area contributed by atoms with Crippen molar-refractivity contribution in [1.82, 2.24) is 9.97 Å². The van der Waals surface area contributed by atoms with Crippen molar-refractivity contribution in [3.05, 3.63) is 17.8 Å². The molecule has 0 saturated carbocycles. The summed E-state index contributed by atoms with van der Waals surface area (Å²) in [5.41, 5.74) is 1.07. The van der Waals surface area contributed by atoms with E-state index in [9.17, 15) is 0 Å². The zero-order valence-corrected chi connectivity index (χ0v) is 7.56. The van der Waals surface area contributed by atoms with Gasteiger partial charge in [-0.1, -0.05) is 23.9 Å². The average Bonchev–Trinajstić information content (AvgIpc) is 2.17. The van der Waals surface area contributed by atoms with E-state index in [1.165, 1.54) is 0 Å². The lowest BCUT2D eigenvalue weighted by atomic mass is 10.2. The van der Waals surface area contributed by atoms with Crippen molar-refractivity contribution < 1.29 is 0 Å². The van der Waals surface area contributed by atoms with Crippen molar-refractivity contribution in [3.8, 4) is 0 Å². The number of nitrogens with zero attached hydrogens (tertiary/aromatic N) is 2. The highest BCUT2D eigenvalue weighted by molar-refractivity contribution is 7.98. The Labute approximate surface area is 75.3 Å². The molecule has 0 spiro atoms. The highest BCUT2D eigenvalue weighted by Crippen LogP contribution is 2.19. The van der Waals surface area contributed by atoms with Gasteiger partial charge in [0.25, 0.3) is 0 Å². The molecule has 4 heteroatoms. The maximum Gasteiger partial charge on any atom is 0.189 e. The third-order valence-electron chi connectivity index (χ3n) is 1.66. The SMILES string of the molecule is CSc1ncc2c(n1)NCC=C2. The first-order valence-corrected chi connectivity index (χ1v) is 4.94. The fourth-order valence-electron chi connectivity index (χ4n) is 1.08. The van der Waals surface area contributed by atoms with Crippen LogP contribution in [0.5, 0.6) is 0 Å². The first-order chi connectivity index (χ1) is 5.90. The van der Waals surface area contributed by atoms with Crippen LogP contribution in [0.3, 0.4) is 0 Å². The van der Waals surface area contributed by atoms with Gasteiger partial charge >= 0.3 is 0 Å². The molecule has 1 aliphatic rings. The van der Waals surface area contributed by atoms with E-state index in [2.05, 4.69) is 21.4 Å². The van der Waals surface area contributed by atoms with Gasteiger partial charge in [-0.15, -0.1) is 0 Å². The van der Waals surface area contributed by atoms with Gasteiger partial charge in [-0.25, -0.2) is 9.97 Å². The monoisotopic (exact) mass is 179 g/mol. The van der Waals surface area contributed by atoms with Crippen LogP contribution in [0.15, 0.2) is 17.4 Å². The molecule has 0 saturated heterocycles. The molecule has 0 bridgehead atoms. The quantitative estimate of drug-likeness (QED) is 0.525. The first-order valence-electron chi connectivity index (χ1n) is 3.71. The number of hydrogen-bond donors (Lipinski definition) is 1. The van der Waals surface area contributed by atoms with E-state index in [0.717, 1.165) is 23.1 Å². The molecule has 1 aliphatic heterocycles. The second kappa shape index (κ2) is 3.15. The molecule has 0 atom stereocenters. The lowest BCUT2D eigenvalue weighted by Gasteiger charge is -2.11. The minimum atomic E-state index is 0.816. The summed E-state index contributed by atoms with van der Waals surface area (Å²) in [5.74, 6) is 0.942. The van der Waals surface area contributed by atoms with Crippen LogP contribution in [0.25, 0.3) is 6.08 Å². The average molecular weight is 179 g/mol. The zero-order valence-electron chi connectivity index (χ0n) is 6.74. The van der Waals surface area contributed by atoms with Gasteiger partial charge in [0.1, 0.15) is 5.82 Å². The minimum absolute atomic E-state index is 0.816. The first kappa shape index (κ1) is 7.61. The molecular weight excluding hydrogens is 170 g/mol. The molecule has 0 unspecified atom stereocenters. The van der Waals surface area contributed by atoms with Crippen molar-refractivity contribution in [2.24, 2.45) is 0 Å². The molecule has 1 aromatic rings. The van der Waals surface area contributed by atoms with Gasteiger partial charge in [0.2, 0.25) is 0 Å². The molecule has 1 aromatic heterocycles. The van der Waals surface area contributed by atoms with Gasteiger partial charge in [-0.05, 0) is 6.26 Å². The van der Waals surface area contributed by atoms with Gasteiger partial charge < -0.3 is 5.32 Å². The maximum atomic E-state index is 4.32. The number of hydrogen-bond acceptors (Lipinski definition) is 4. The lowest BCUT2D eigenvalue weighted by molar-refractivity contribution is 0.959. The molecule has 2 rings (SSSR count). The lowest BCUT2D eigenvalue weighted by Crippen LogP contribution is -2.07. The van der Waals surface area contributed by atoms with Crippen LogP contribution in [0.4, 0.5) is 5.82 Å². The van der Waals surface area contributed by atoms with E-state index < -0.39 is 0 Å². The smallest absolute Gasteiger partial charge is 0.189 e. The van der Waals surface area contributed by atoms with E-state index in [4.69, 9.17) is 0 Å². The fourth-order valence-corrected chi connectivity index (χ4v) is 1.42. The number of aromatic nitrogens is 2. The summed E-state index contributed by atoms with van der Waals surface area (Å²) in [6, 6.07) is 0. The van der Waals surface area contributed by atoms with Crippen LogP contribution in [0.2, 0.25) is 0 Å². The second-order valence-electron chi connectivity index (χ2n) is 2.44.